The zero-order valence-electron chi connectivity index (χ0n) is 23.0. The fraction of sp³-hybridized carbons (Fsp3) is 0.500. The largest absolute Gasteiger partial charge is 0.481 e. The summed E-state index contributed by atoms with van der Waals surface area (Å²) in [5.74, 6) is -3.16. The molecule has 2 aromatic rings. The maximum Gasteiger partial charge on any atom is 0.312 e. The van der Waals surface area contributed by atoms with Gasteiger partial charge in [-0.15, -0.1) is 0 Å². The molecule has 0 saturated carbocycles. The second-order valence-electron chi connectivity index (χ2n) is 10.1. The number of carboxylic acids is 2. The van der Waals surface area contributed by atoms with Crippen molar-refractivity contribution in [2.45, 2.75) is 100 Å². The summed E-state index contributed by atoms with van der Waals surface area (Å²) < 4.78 is 27.6. The lowest BCUT2D eigenvalue weighted by atomic mass is 9.99. The van der Waals surface area contributed by atoms with E-state index in [4.69, 9.17) is 10.2 Å². The van der Waals surface area contributed by atoms with Crippen LogP contribution in [0.1, 0.15) is 93.9 Å². The Morgan fingerprint density at radius 3 is 2.12 bits per heavy atom. The number of hydrogen-bond donors (Lipinski definition) is 4. The third-order valence-corrected chi connectivity index (χ3v) is 8.88. The Hall–Kier alpha value is -3.24. The molecule has 0 aromatic heterocycles. The van der Waals surface area contributed by atoms with E-state index < -0.39 is 45.5 Å². The quantitative estimate of drug-likeness (QED) is 0.126. The number of carboxylic acid groups (broad SMARTS) is 2. The lowest BCUT2D eigenvalue weighted by Crippen LogP contribution is -2.27. The fourth-order valence-corrected chi connectivity index (χ4v) is 6.54. The third kappa shape index (κ3) is 11.1. The van der Waals surface area contributed by atoms with Crippen LogP contribution >= 0.6 is 0 Å². The number of anilines is 1. The van der Waals surface area contributed by atoms with Gasteiger partial charge in [0.05, 0.1) is 11.0 Å². The van der Waals surface area contributed by atoms with Crippen LogP contribution < -0.4 is 5.32 Å². The van der Waals surface area contributed by atoms with Crippen LogP contribution in [0.2, 0.25) is 0 Å². The molecule has 0 radical (unpaired) electrons. The molecular weight excluding hydrogens is 534 g/mol. The van der Waals surface area contributed by atoms with Crippen molar-refractivity contribution in [1.82, 2.24) is 0 Å². The second-order valence-corrected chi connectivity index (χ2v) is 12.1. The summed E-state index contributed by atoms with van der Waals surface area (Å²) in [5, 5.41) is 29.8. The summed E-state index contributed by atoms with van der Waals surface area (Å²) in [6.07, 6.45) is 6.91. The fourth-order valence-electron chi connectivity index (χ4n) is 4.62. The number of unbranched alkanes of at least 4 members (excludes halogenated alkanes) is 6. The van der Waals surface area contributed by atoms with E-state index in [-0.39, 0.29) is 29.8 Å². The topological polar surface area (TPSA) is 158 Å². The van der Waals surface area contributed by atoms with Gasteiger partial charge in [-0.05, 0) is 55.0 Å². The molecule has 0 aliphatic heterocycles. The van der Waals surface area contributed by atoms with Gasteiger partial charge in [-0.3, -0.25) is 14.4 Å². The molecule has 0 saturated heterocycles. The number of carbonyl (C=O) groups is 3. The Labute approximate surface area is 236 Å². The minimum absolute atomic E-state index is 0.0367. The standard InChI is InChI=1S/C30H41NO8S/c1-2-3-4-5-6-7-8-11-22-16-18-23(19-17-22)30(26(32)14-10-15-28(34)35)40(38,39)25-13-9-12-24(20-25)31-27(33)21-29(36)37/h9,12-13,16-20,26,30,32H,2-8,10-11,14-15,21H2,1H3,(H,31,33)(H,34,35)(H,36,37). The SMILES string of the molecule is CCCCCCCCCc1ccc(C(C(O)CCCC(=O)O)S(=O)(=O)c2cccc(NC(=O)CC(=O)O)c2)cc1. The van der Waals surface area contributed by atoms with Crippen LogP contribution in [0.25, 0.3) is 0 Å². The van der Waals surface area contributed by atoms with Crippen LogP contribution in [0.5, 0.6) is 0 Å². The number of aliphatic carboxylic acids is 2. The zero-order chi connectivity index (χ0) is 29.5. The first-order valence-corrected chi connectivity index (χ1v) is 15.4. The maximum absolute atomic E-state index is 13.8. The number of rotatable bonds is 19. The number of nitrogens with one attached hydrogen (secondary N) is 1. The molecule has 2 atom stereocenters. The van der Waals surface area contributed by atoms with E-state index in [9.17, 15) is 27.9 Å². The first kappa shape index (κ1) is 33.0. The number of carbonyl (C=O) groups excluding carboxylic acids is 1. The molecule has 0 spiro atoms. The number of aliphatic hydroxyl groups excluding tert-OH is 1. The van der Waals surface area contributed by atoms with Gasteiger partial charge in [-0.25, -0.2) is 8.42 Å². The van der Waals surface area contributed by atoms with Crippen molar-refractivity contribution in [2.75, 3.05) is 5.32 Å². The second kappa shape index (κ2) is 16.8. The van der Waals surface area contributed by atoms with Crippen LogP contribution in [-0.2, 0) is 30.6 Å². The van der Waals surface area contributed by atoms with Gasteiger partial charge in [0.1, 0.15) is 11.7 Å². The van der Waals surface area contributed by atoms with E-state index >= 15 is 0 Å². The third-order valence-electron chi connectivity index (χ3n) is 6.71. The Kier molecular flexibility index (Phi) is 13.8. The molecule has 1 amide bonds. The van der Waals surface area contributed by atoms with Crippen LogP contribution in [-0.4, -0.2) is 47.7 Å². The van der Waals surface area contributed by atoms with Gasteiger partial charge in [-0.1, -0.05) is 75.8 Å². The molecular formula is C30H41NO8S. The minimum atomic E-state index is -4.20. The molecule has 2 unspecified atom stereocenters. The smallest absolute Gasteiger partial charge is 0.312 e. The molecule has 0 aliphatic carbocycles. The van der Waals surface area contributed by atoms with Gasteiger partial charge < -0.3 is 20.6 Å². The Bertz CT molecular complexity index is 1210. The zero-order valence-corrected chi connectivity index (χ0v) is 23.9. The van der Waals surface area contributed by atoms with E-state index in [2.05, 4.69) is 12.2 Å². The van der Waals surface area contributed by atoms with E-state index in [1.54, 1.807) is 12.1 Å². The maximum atomic E-state index is 13.8. The number of benzene rings is 2. The highest BCUT2D eigenvalue weighted by Gasteiger charge is 2.35. The highest BCUT2D eigenvalue weighted by molar-refractivity contribution is 7.91. The van der Waals surface area contributed by atoms with Gasteiger partial charge in [0.15, 0.2) is 9.84 Å². The molecule has 0 bridgehead atoms. The average Bonchev–Trinajstić information content (AvgIpc) is 2.88. The minimum Gasteiger partial charge on any atom is -0.481 e. The molecule has 220 valence electrons. The molecule has 40 heavy (non-hydrogen) atoms. The van der Waals surface area contributed by atoms with Gasteiger partial charge in [0, 0.05) is 12.1 Å². The summed E-state index contributed by atoms with van der Waals surface area (Å²) in [6, 6.07) is 12.5. The molecule has 10 heteroatoms. The number of hydrogen-bond acceptors (Lipinski definition) is 6. The van der Waals surface area contributed by atoms with Gasteiger partial charge in [0.25, 0.3) is 0 Å². The van der Waals surface area contributed by atoms with Crippen LogP contribution in [0, 0.1) is 0 Å². The number of aliphatic hydroxyl groups is 1. The number of amides is 1. The Morgan fingerprint density at radius 1 is 0.850 bits per heavy atom. The predicted octanol–water partition coefficient (Wildman–Crippen LogP) is 5.52. The highest BCUT2D eigenvalue weighted by Crippen LogP contribution is 2.35. The van der Waals surface area contributed by atoms with Crippen LogP contribution in [0.3, 0.4) is 0 Å². The van der Waals surface area contributed by atoms with Gasteiger partial charge in [0.2, 0.25) is 5.91 Å². The summed E-state index contributed by atoms with van der Waals surface area (Å²) in [5.41, 5.74) is 1.56. The van der Waals surface area contributed by atoms with Crippen molar-refractivity contribution in [3.05, 3.63) is 59.7 Å². The average molecular weight is 576 g/mol. The first-order valence-electron chi connectivity index (χ1n) is 13.9. The Balaban J connectivity index is 2.24. The van der Waals surface area contributed by atoms with Crippen molar-refractivity contribution < 1.29 is 38.1 Å². The van der Waals surface area contributed by atoms with E-state index in [1.807, 2.05) is 12.1 Å². The molecule has 9 nitrogen and oxygen atoms in total. The highest BCUT2D eigenvalue weighted by atomic mass is 32.2. The first-order chi connectivity index (χ1) is 19.0. The lowest BCUT2D eigenvalue weighted by molar-refractivity contribution is -0.140. The van der Waals surface area contributed by atoms with Crippen molar-refractivity contribution in [3.8, 4) is 0 Å². The van der Waals surface area contributed by atoms with Crippen molar-refractivity contribution in [1.29, 1.82) is 0 Å². The summed E-state index contributed by atoms with van der Waals surface area (Å²) in [4.78, 5) is 33.5. The molecule has 2 rings (SSSR count). The van der Waals surface area contributed by atoms with Crippen molar-refractivity contribution >= 4 is 33.4 Å². The molecule has 0 fully saturated rings. The Morgan fingerprint density at radius 2 is 1.50 bits per heavy atom. The monoisotopic (exact) mass is 575 g/mol. The summed E-state index contributed by atoms with van der Waals surface area (Å²) >= 11 is 0. The van der Waals surface area contributed by atoms with Crippen LogP contribution in [0.15, 0.2) is 53.4 Å². The predicted molar refractivity (Wildman–Crippen MR) is 153 cm³/mol. The summed E-state index contributed by atoms with van der Waals surface area (Å²) in [7, 11) is -4.20. The summed E-state index contributed by atoms with van der Waals surface area (Å²) in [6.45, 7) is 2.19. The lowest BCUT2D eigenvalue weighted by Gasteiger charge is -2.24. The molecule has 0 heterocycles. The van der Waals surface area contributed by atoms with E-state index in [0.29, 0.717) is 5.56 Å². The normalized spacial score (nSPS) is 12.9. The van der Waals surface area contributed by atoms with Gasteiger partial charge >= 0.3 is 11.9 Å². The van der Waals surface area contributed by atoms with E-state index in [1.165, 1.54) is 56.4 Å². The van der Waals surface area contributed by atoms with Crippen molar-refractivity contribution in [3.63, 3.8) is 0 Å². The molecule has 0 aliphatic rings. The van der Waals surface area contributed by atoms with Crippen LogP contribution in [0.4, 0.5) is 5.69 Å². The number of sulfone groups is 1. The van der Waals surface area contributed by atoms with Gasteiger partial charge in [-0.2, -0.15) is 0 Å². The number of aryl methyl sites for hydroxylation is 1. The molecule has 4 N–H and O–H groups in total. The van der Waals surface area contributed by atoms with E-state index in [0.717, 1.165) is 24.8 Å². The molecule has 2 aromatic carbocycles. The van der Waals surface area contributed by atoms with Crippen molar-refractivity contribution in [2.24, 2.45) is 0 Å².